The van der Waals surface area contributed by atoms with Crippen LogP contribution >= 0.6 is 0 Å². The lowest BCUT2D eigenvalue weighted by atomic mass is 10.1. The van der Waals surface area contributed by atoms with Gasteiger partial charge in [-0.25, -0.2) is 9.79 Å². The molecule has 3 aromatic rings. The fraction of sp³-hybridized carbons (Fsp3) is 0. The predicted molar refractivity (Wildman–Crippen MR) is 84.3 cm³/mol. The second-order valence-electron chi connectivity index (χ2n) is 4.73. The molecule has 6 heteroatoms. The van der Waals surface area contributed by atoms with Gasteiger partial charge < -0.3 is 14.7 Å². The Bertz CT molecular complexity index is 852. The molecule has 0 amide bonds. The van der Waals surface area contributed by atoms with Gasteiger partial charge in [0.05, 0.1) is 5.56 Å². The van der Waals surface area contributed by atoms with E-state index in [-0.39, 0.29) is 17.3 Å². The van der Waals surface area contributed by atoms with E-state index in [9.17, 15) is 15.0 Å². The van der Waals surface area contributed by atoms with E-state index in [0.29, 0.717) is 11.1 Å². The fourth-order valence-electron chi connectivity index (χ4n) is 2.07. The zero-order valence-electron chi connectivity index (χ0n) is 11.9. The maximum atomic E-state index is 11.3. The summed E-state index contributed by atoms with van der Waals surface area (Å²) in [5.74, 6) is -0.916. The van der Waals surface area contributed by atoms with E-state index in [1.165, 1.54) is 18.3 Å². The average molecular weight is 308 g/mol. The Morgan fingerprint density at radius 1 is 1.09 bits per heavy atom. The number of hydrogen-bond donors (Lipinski definition) is 2. The minimum atomic E-state index is -1.18. The van der Waals surface area contributed by atoms with Gasteiger partial charge in [-0.05, 0) is 35.4 Å². The topological polar surface area (TPSA) is 95.9 Å². The van der Waals surface area contributed by atoms with Crippen LogP contribution < -0.4 is 0 Å². The molecular weight excluding hydrogens is 296 g/mol. The van der Waals surface area contributed by atoms with Crippen molar-refractivity contribution in [3.63, 3.8) is 0 Å². The highest BCUT2D eigenvalue weighted by Crippen LogP contribution is 2.33. The maximum Gasteiger partial charge on any atom is 0.358 e. The number of carbonyl (C=O) groups is 1. The predicted octanol–water partition coefficient (Wildman–Crippen LogP) is 3.50. The monoisotopic (exact) mass is 308 g/mol. The zero-order valence-corrected chi connectivity index (χ0v) is 11.9. The van der Waals surface area contributed by atoms with Gasteiger partial charge in [0.15, 0.2) is 0 Å². The first-order chi connectivity index (χ1) is 11.1. The van der Waals surface area contributed by atoms with E-state index in [0.717, 1.165) is 5.56 Å². The van der Waals surface area contributed by atoms with Crippen LogP contribution in [0, 0.1) is 0 Å². The van der Waals surface area contributed by atoms with Crippen LogP contribution in [-0.2, 0) is 0 Å². The van der Waals surface area contributed by atoms with Crippen molar-refractivity contribution in [3.8, 4) is 16.9 Å². The van der Waals surface area contributed by atoms with Crippen molar-refractivity contribution in [1.29, 1.82) is 0 Å². The highest BCUT2D eigenvalue weighted by molar-refractivity contribution is 5.97. The van der Waals surface area contributed by atoms with Gasteiger partial charge in [-0.15, -0.1) is 0 Å². The van der Waals surface area contributed by atoms with Crippen LogP contribution in [0.1, 0.15) is 16.1 Å². The molecule has 0 aliphatic carbocycles. The number of carboxylic acids is 1. The van der Waals surface area contributed by atoms with Crippen molar-refractivity contribution < 1.29 is 19.5 Å². The third-order valence-corrected chi connectivity index (χ3v) is 3.16. The van der Waals surface area contributed by atoms with E-state index >= 15 is 0 Å². The third-order valence-electron chi connectivity index (χ3n) is 3.16. The average Bonchev–Trinajstić information content (AvgIpc) is 2.99. The van der Waals surface area contributed by atoms with Gasteiger partial charge in [-0.2, -0.15) is 0 Å². The largest absolute Gasteiger partial charge is 0.508 e. The Balaban J connectivity index is 2.03. The summed E-state index contributed by atoms with van der Waals surface area (Å²) in [6.07, 6.45) is 1.51. The highest BCUT2D eigenvalue weighted by atomic mass is 16.5. The normalized spacial score (nSPS) is 11.0. The van der Waals surface area contributed by atoms with Crippen LogP contribution in [0.25, 0.3) is 11.1 Å². The van der Waals surface area contributed by atoms with Crippen LogP contribution in [0.2, 0.25) is 0 Å². The van der Waals surface area contributed by atoms with Crippen molar-refractivity contribution in [2.45, 2.75) is 0 Å². The Hall–Kier alpha value is -3.41. The lowest BCUT2D eigenvalue weighted by Crippen LogP contribution is -1.98. The lowest BCUT2D eigenvalue weighted by Gasteiger charge is -1.99. The summed E-state index contributed by atoms with van der Waals surface area (Å²) < 4.78 is 5.08. The van der Waals surface area contributed by atoms with Gasteiger partial charge in [0, 0.05) is 6.21 Å². The van der Waals surface area contributed by atoms with Crippen LogP contribution in [0.3, 0.4) is 0 Å². The maximum absolute atomic E-state index is 11.3. The molecule has 0 saturated carbocycles. The number of rotatable bonds is 4. The molecule has 1 aromatic heterocycles. The molecular formula is C17H12N2O4. The number of aliphatic imine (C=N–C) groups is 1. The molecule has 1 heterocycles. The molecule has 6 nitrogen and oxygen atoms in total. The second kappa shape index (κ2) is 6.15. The van der Waals surface area contributed by atoms with Crippen molar-refractivity contribution >= 4 is 18.1 Å². The summed E-state index contributed by atoms with van der Waals surface area (Å²) in [6.45, 7) is 0. The van der Waals surface area contributed by atoms with Gasteiger partial charge in [0.2, 0.25) is 5.69 Å². The van der Waals surface area contributed by atoms with E-state index < -0.39 is 5.97 Å². The fourth-order valence-corrected chi connectivity index (χ4v) is 2.07. The molecule has 3 rings (SSSR count). The molecule has 23 heavy (non-hydrogen) atoms. The summed E-state index contributed by atoms with van der Waals surface area (Å²) >= 11 is 0. The Morgan fingerprint density at radius 2 is 1.78 bits per heavy atom. The molecule has 0 bridgehead atoms. The summed E-state index contributed by atoms with van der Waals surface area (Å²) in [5.41, 5.74) is 1.53. The van der Waals surface area contributed by atoms with Crippen molar-refractivity contribution in [2.75, 3.05) is 0 Å². The van der Waals surface area contributed by atoms with Crippen molar-refractivity contribution in [3.05, 3.63) is 65.9 Å². The molecule has 114 valence electrons. The molecule has 0 aliphatic heterocycles. The number of aromatic hydroxyl groups is 1. The van der Waals surface area contributed by atoms with Crippen LogP contribution in [0.4, 0.5) is 5.88 Å². The van der Waals surface area contributed by atoms with Gasteiger partial charge in [0.25, 0.3) is 5.88 Å². The summed E-state index contributed by atoms with van der Waals surface area (Å²) in [7, 11) is 0. The lowest BCUT2D eigenvalue weighted by molar-refractivity contribution is 0.0686. The molecule has 0 saturated heterocycles. The number of benzene rings is 2. The molecule has 2 N–H and O–H groups in total. The van der Waals surface area contributed by atoms with Crippen LogP contribution in [0.5, 0.6) is 5.75 Å². The minimum absolute atomic E-state index is 0.113. The number of phenolic OH excluding ortho intramolecular Hbond substituents is 1. The molecule has 2 aromatic carbocycles. The van der Waals surface area contributed by atoms with Crippen LogP contribution in [-0.4, -0.2) is 27.6 Å². The first-order valence-electron chi connectivity index (χ1n) is 6.76. The van der Waals surface area contributed by atoms with Gasteiger partial charge in [0.1, 0.15) is 5.75 Å². The molecule has 0 aliphatic rings. The number of aromatic carboxylic acids is 1. The molecule has 0 atom stereocenters. The summed E-state index contributed by atoms with van der Waals surface area (Å²) in [4.78, 5) is 15.5. The number of nitrogens with zero attached hydrogens (tertiary/aromatic N) is 2. The Kier molecular flexibility index (Phi) is 3.88. The standard InChI is InChI=1S/C17H12N2O4/c20-13-8-6-11(7-9-13)10-18-16-14(12-4-2-1-3-5-12)15(17(21)22)19-23-16/h1-10,20H,(H,21,22). The summed E-state index contributed by atoms with van der Waals surface area (Å²) in [6, 6.07) is 15.4. The summed E-state index contributed by atoms with van der Waals surface area (Å²) in [5, 5.41) is 22.1. The molecule has 0 fully saturated rings. The van der Waals surface area contributed by atoms with Crippen molar-refractivity contribution in [1.82, 2.24) is 5.16 Å². The SMILES string of the molecule is O=C(O)c1noc(N=Cc2ccc(O)cc2)c1-c1ccccc1. The van der Waals surface area contributed by atoms with E-state index in [1.807, 2.05) is 6.07 Å². The zero-order chi connectivity index (χ0) is 16.2. The molecule has 0 radical (unpaired) electrons. The Labute approximate surface area is 131 Å². The quantitative estimate of drug-likeness (QED) is 0.719. The van der Waals surface area contributed by atoms with E-state index in [1.54, 1.807) is 36.4 Å². The number of aromatic nitrogens is 1. The Morgan fingerprint density at radius 3 is 2.43 bits per heavy atom. The van der Waals surface area contributed by atoms with Gasteiger partial charge in [-0.1, -0.05) is 35.5 Å². The number of phenols is 1. The smallest absolute Gasteiger partial charge is 0.358 e. The van der Waals surface area contributed by atoms with Crippen molar-refractivity contribution in [2.24, 2.45) is 4.99 Å². The number of carboxylic acid groups (broad SMARTS) is 1. The van der Waals surface area contributed by atoms with Gasteiger partial charge >= 0.3 is 5.97 Å². The third kappa shape index (κ3) is 3.11. The first-order valence-corrected chi connectivity index (χ1v) is 6.76. The number of hydrogen-bond acceptors (Lipinski definition) is 5. The molecule has 0 spiro atoms. The van der Waals surface area contributed by atoms with E-state index in [2.05, 4.69) is 10.1 Å². The highest BCUT2D eigenvalue weighted by Gasteiger charge is 2.22. The minimum Gasteiger partial charge on any atom is -0.508 e. The second-order valence-corrected chi connectivity index (χ2v) is 4.73. The first kappa shape index (κ1) is 14.5. The van der Waals surface area contributed by atoms with E-state index in [4.69, 9.17) is 4.52 Å². The molecule has 0 unspecified atom stereocenters. The van der Waals surface area contributed by atoms with Crippen LogP contribution in [0.15, 0.2) is 64.1 Å². The van der Waals surface area contributed by atoms with Gasteiger partial charge in [-0.3, -0.25) is 0 Å².